The highest BCUT2D eigenvalue weighted by atomic mass is 32.1. The first kappa shape index (κ1) is 20.1. The smallest absolute Gasteiger partial charge is 0.376 e. The Morgan fingerprint density at radius 3 is 2.67 bits per heavy atom. The van der Waals surface area contributed by atoms with E-state index in [-0.39, 0.29) is 23.0 Å². The van der Waals surface area contributed by atoms with E-state index in [1.807, 2.05) is 4.90 Å². The summed E-state index contributed by atoms with van der Waals surface area (Å²) in [4.78, 5) is 9.73. The fraction of sp³-hybridized carbons (Fsp3) is 0.706. The van der Waals surface area contributed by atoms with Crippen molar-refractivity contribution in [2.75, 3.05) is 36.5 Å². The minimum atomic E-state index is -4.55. The fourth-order valence-electron chi connectivity index (χ4n) is 3.19. The third-order valence-corrected chi connectivity index (χ3v) is 5.10. The Morgan fingerprint density at radius 2 is 2.04 bits per heavy atom. The van der Waals surface area contributed by atoms with Crippen LogP contribution in [0.4, 0.5) is 24.9 Å². The monoisotopic (exact) mass is 403 g/mol. The zero-order chi connectivity index (χ0) is 19.4. The largest absolute Gasteiger partial charge is 0.433 e. The van der Waals surface area contributed by atoms with E-state index in [9.17, 15) is 13.2 Å². The van der Waals surface area contributed by atoms with Gasteiger partial charge in [0.1, 0.15) is 5.82 Å². The van der Waals surface area contributed by atoms with Crippen LogP contribution in [0.25, 0.3) is 0 Å². The molecule has 6 nitrogen and oxygen atoms in total. The molecule has 1 aromatic rings. The number of hydrogen-bond donors (Lipinski definition) is 2. The second-order valence-electron chi connectivity index (χ2n) is 7.07. The molecule has 0 amide bonds. The number of halogens is 3. The first-order chi connectivity index (χ1) is 12.8. The van der Waals surface area contributed by atoms with Crippen LogP contribution in [-0.2, 0) is 10.9 Å². The van der Waals surface area contributed by atoms with Gasteiger partial charge in [-0.1, -0.05) is 6.92 Å². The summed E-state index contributed by atoms with van der Waals surface area (Å²) in [6.45, 7) is 4.72. The van der Waals surface area contributed by atoms with Gasteiger partial charge in [-0.15, -0.1) is 0 Å². The number of anilines is 2. The third-order valence-electron chi connectivity index (χ3n) is 4.85. The number of nitrogens with one attached hydrogen (secondary N) is 2. The van der Waals surface area contributed by atoms with Gasteiger partial charge in [0.25, 0.3) is 0 Å². The minimum Gasteiger partial charge on any atom is -0.376 e. The average molecular weight is 403 g/mol. The van der Waals surface area contributed by atoms with E-state index in [2.05, 4.69) is 27.5 Å². The molecular weight excluding hydrogens is 379 g/mol. The molecule has 1 aromatic heterocycles. The third kappa shape index (κ3) is 5.65. The normalized spacial score (nSPS) is 21.3. The summed E-state index contributed by atoms with van der Waals surface area (Å²) in [5, 5.41) is 5.82. The molecule has 27 heavy (non-hydrogen) atoms. The Bertz CT molecular complexity index is 658. The zero-order valence-corrected chi connectivity index (χ0v) is 16.0. The maximum Gasteiger partial charge on any atom is 0.433 e. The van der Waals surface area contributed by atoms with Crippen molar-refractivity contribution < 1.29 is 17.9 Å². The van der Waals surface area contributed by atoms with Crippen LogP contribution >= 0.6 is 12.2 Å². The summed E-state index contributed by atoms with van der Waals surface area (Å²) in [7, 11) is 0. The maximum atomic E-state index is 13.3. The van der Waals surface area contributed by atoms with Gasteiger partial charge in [-0.3, -0.25) is 0 Å². The van der Waals surface area contributed by atoms with Crippen LogP contribution in [0.15, 0.2) is 6.07 Å². The molecular formula is C17H24F3N5OS. The van der Waals surface area contributed by atoms with Gasteiger partial charge in [-0.25, -0.2) is 4.98 Å². The first-order valence-corrected chi connectivity index (χ1v) is 9.60. The van der Waals surface area contributed by atoms with E-state index in [0.717, 1.165) is 38.4 Å². The molecule has 3 rings (SSSR count). The lowest BCUT2D eigenvalue weighted by Crippen LogP contribution is -2.36. The number of hydrogen-bond acceptors (Lipinski definition) is 5. The zero-order valence-electron chi connectivity index (χ0n) is 15.2. The Labute approximate surface area is 161 Å². The molecule has 150 valence electrons. The molecule has 10 heteroatoms. The van der Waals surface area contributed by atoms with E-state index in [4.69, 9.17) is 17.0 Å². The quantitative estimate of drug-likeness (QED) is 0.749. The number of aromatic nitrogens is 2. The van der Waals surface area contributed by atoms with E-state index in [0.29, 0.717) is 25.6 Å². The van der Waals surface area contributed by atoms with E-state index in [1.165, 1.54) is 0 Å². The van der Waals surface area contributed by atoms with E-state index in [1.54, 1.807) is 0 Å². The van der Waals surface area contributed by atoms with Crippen LogP contribution in [0.2, 0.25) is 0 Å². The molecule has 0 spiro atoms. The Kier molecular flexibility index (Phi) is 6.36. The molecule has 0 unspecified atom stereocenters. The number of alkyl halides is 3. The predicted octanol–water partition coefficient (Wildman–Crippen LogP) is 3.20. The van der Waals surface area contributed by atoms with Crippen molar-refractivity contribution in [3.05, 3.63) is 11.8 Å². The lowest BCUT2D eigenvalue weighted by molar-refractivity contribution is -0.141. The Balaban J connectivity index is 1.70. The van der Waals surface area contributed by atoms with Gasteiger partial charge in [0.05, 0.1) is 6.10 Å². The molecule has 0 bridgehead atoms. The van der Waals surface area contributed by atoms with Crippen LogP contribution in [0.1, 0.15) is 38.3 Å². The number of nitrogens with zero attached hydrogens (tertiary/aromatic N) is 3. The van der Waals surface area contributed by atoms with Gasteiger partial charge in [0.2, 0.25) is 5.95 Å². The van der Waals surface area contributed by atoms with Crippen molar-refractivity contribution in [3.63, 3.8) is 0 Å². The Hall–Kier alpha value is -1.68. The highest BCUT2D eigenvalue weighted by Crippen LogP contribution is 2.31. The van der Waals surface area contributed by atoms with Crippen LogP contribution in [0.3, 0.4) is 0 Å². The van der Waals surface area contributed by atoms with Crippen LogP contribution in [-0.4, -0.2) is 47.4 Å². The topological polar surface area (TPSA) is 62.3 Å². The van der Waals surface area contributed by atoms with Crippen molar-refractivity contribution >= 4 is 29.1 Å². The second kappa shape index (κ2) is 8.55. The summed E-state index contributed by atoms with van der Waals surface area (Å²) in [5.41, 5.74) is -0.976. The standard InChI is InChI=1S/C17H24F3N5OS/c1-11-4-6-25(7-5-11)14-9-13(17(18,19)20)22-15(23-14)24-16(27)21-10-12-3-2-8-26-12/h9,11-12H,2-8,10H2,1H3,(H2,21,22,23,24,27)/t12-/m0/s1. The van der Waals surface area contributed by atoms with Crippen molar-refractivity contribution in [2.45, 2.75) is 44.9 Å². The van der Waals surface area contributed by atoms with Crippen molar-refractivity contribution in [2.24, 2.45) is 5.92 Å². The summed E-state index contributed by atoms with van der Waals surface area (Å²) in [6.07, 6.45) is -0.693. The highest BCUT2D eigenvalue weighted by molar-refractivity contribution is 7.80. The molecule has 1 atom stereocenters. The van der Waals surface area contributed by atoms with Gasteiger partial charge >= 0.3 is 6.18 Å². The molecule has 0 saturated carbocycles. The number of piperidine rings is 1. The van der Waals surface area contributed by atoms with Gasteiger partial charge in [0, 0.05) is 32.3 Å². The molecule has 2 saturated heterocycles. The molecule has 3 heterocycles. The number of ether oxygens (including phenoxy) is 1. The van der Waals surface area contributed by atoms with Crippen LogP contribution < -0.4 is 15.5 Å². The highest BCUT2D eigenvalue weighted by Gasteiger charge is 2.34. The molecule has 2 N–H and O–H groups in total. The van der Waals surface area contributed by atoms with Crippen molar-refractivity contribution in [1.29, 1.82) is 0 Å². The molecule has 2 aliphatic rings. The molecule has 2 aliphatic heterocycles. The van der Waals surface area contributed by atoms with Crippen LogP contribution in [0.5, 0.6) is 0 Å². The molecule has 2 fully saturated rings. The van der Waals surface area contributed by atoms with Crippen molar-refractivity contribution in [1.82, 2.24) is 15.3 Å². The molecule has 0 aromatic carbocycles. The summed E-state index contributed by atoms with van der Waals surface area (Å²) < 4.78 is 45.3. The fourth-order valence-corrected chi connectivity index (χ4v) is 3.37. The summed E-state index contributed by atoms with van der Waals surface area (Å²) in [6, 6.07) is 1.00. The maximum absolute atomic E-state index is 13.3. The van der Waals surface area contributed by atoms with E-state index < -0.39 is 11.9 Å². The summed E-state index contributed by atoms with van der Waals surface area (Å²) >= 11 is 5.17. The first-order valence-electron chi connectivity index (χ1n) is 9.19. The van der Waals surface area contributed by atoms with E-state index >= 15 is 0 Å². The van der Waals surface area contributed by atoms with Gasteiger partial charge in [0.15, 0.2) is 10.8 Å². The lowest BCUT2D eigenvalue weighted by Gasteiger charge is -2.31. The van der Waals surface area contributed by atoms with Crippen LogP contribution in [0, 0.1) is 5.92 Å². The van der Waals surface area contributed by atoms with Crippen molar-refractivity contribution in [3.8, 4) is 0 Å². The van der Waals surface area contributed by atoms with Gasteiger partial charge < -0.3 is 20.3 Å². The number of rotatable bonds is 4. The number of thiocarbonyl (C=S) groups is 1. The van der Waals surface area contributed by atoms with Gasteiger partial charge in [-0.05, 0) is 43.8 Å². The predicted molar refractivity (Wildman–Crippen MR) is 101 cm³/mol. The van der Waals surface area contributed by atoms with Gasteiger partial charge in [-0.2, -0.15) is 18.2 Å². The Morgan fingerprint density at radius 1 is 1.30 bits per heavy atom. The average Bonchev–Trinajstić information content (AvgIpc) is 3.13. The second-order valence-corrected chi connectivity index (χ2v) is 7.48. The lowest BCUT2D eigenvalue weighted by atomic mass is 9.99. The molecule has 0 aliphatic carbocycles. The minimum absolute atomic E-state index is 0.0677. The molecule has 0 radical (unpaired) electrons. The SMILES string of the molecule is CC1CCN(c2cc(C(F)(F)F)nc(NC(=S)NC[C@@H]3CCCO3)n2)CC1. The summed E-state index contributed by atoms with van der Waals surface area (Å²) in [5.74, 6) is 0.689.